The summed E-state index contributed by atoms with van der Waals surface area (Å²) < 4.78 is 31.6. The number of ether oxygens (including phenoxy) is 1. The molecule has 4 nitrogen and oxygen atoms in total. The first-order chi connectivity index (χ1) is 9.51. The zero-order valence-electron chi connectivity index (χ0n) is 10.6. The van der Waals surface area contributed by atoms with E-state index in [1.165, 1.54) is 25.3 Å². The van der Waals surface area contributed by atoms with Crippen LogP contribution in [0.15, 0.2) is 36.4 Å². The molecule has 0 spiro atoms. The lowest BCUT2D eigenvalue weighted by atomic mass is 10.1. The molecular formula is C14H12F2N2O2. The van der Waals surface area contributed by atoms with Gasteiger partial charge in [0.15, 0.2) is 0 Å². The first-order valence-corrected chi connectivity index (χ1v) is 5.71. The number of hydrogen-bond donors (Lipinski definition) is 2. The van der Waals surface area contributed by atoms with Crippen LogP contribution < -0.4 is 15.8 Å². The molecule has 104 valence electrons. The summed E-state index contributed by atoms with van der Waals surface area (Å²) in [6.07, 6.45) is 0. The van der Waals surface area contributed by atoms with E-state index in [2.05, 4.69) is 5.32 Å². The second-order valence-electron chi connectivity index (χ2n) is 4.04. The zero-order valence-corrected chi connectivity index (χ0v) is 10.6. The van der Waals surface area contributed by atoms with Crippen molar-refractivity contribution >= 4 is 17.3 Å². The number of nitrogens with two attached hydrogens (primary N) is 1. The minimum Gasteiger partial charge on any atom is -0.494 e. The third kappa shape index (κ3) is 2.85. The summed E-state index contributed by atoms with van der Waals surface area (Å²) in [5, 5.41) is 2.45. The van der Waals surface area contributed by atoms with Crippen molar-refractivity contribution in [3.63, 3.8) is 0 Å². The molecule has 2 aromatic carbocycles. The fourth-order valence-corrected chi connectivity index (χ4v) is 1.67. The average Bonchev–Trinajstić information content (AvgIpc) is 2.40. The summed E-state index contributed by atoms with van der Waals surface area (Å²) in [6, 6.07) is 7.36. The quantitative estimate of drug-likeness (QED) is 0.848. The molecule has 0 aliphatic heterocycles. The van der Waals surface area contributed by atoms with Crippen LogP contribution in [-0.2, 0) is 0 Å². The molecule has 2 rings (SSSR count). The lowest BCUT2D eigenvalue weighted by Gasteiger charge is -2.10. The number of carbonyl (C=O) groups is 1. The lowest BCUT2D eigenvalue weighted by molar-refractivity contribution is 0.102. The molecule has 0 saturated carbocycles. The van der Waals surface area contributed by atoms with Gasteiger partial charge in [-0.3, -0.25) is 4.79 Å². The second kappa shape index (κ2) is 5.56. The Kier molecular flexibility index (Phi) is 3.84. The predicted molar refractivity (Wildman–Crippen MR) is 71.7 cm³/mol. The topological polar surface area (TPSA) is 64.3 Å². The Morgan fingerprint density at radius 2 is 1.95 bits per heavy atom. The summed E-state index contributed by atoms with van der Waals surface area (Å²) in [5.74, 6) is -1.76. The van der Waals surface area contributed by atoms with E-state index in [0.717, 1.165) is 18.2 Å². The van der Waals surface area contributed by atoms with Gasteiger partial charge in [0.25, 0.3) is 5.91 Å². The number of nitrogen functional groups attached to an aromatic ring is 1. The molecule has 20 heavy (non-hydrogen) atoms. The highest BCUT2D eigenvalue weighted by Crippen LogP contribution is 2.25. The minimum absolute atomic E-state index is 0.147. The highest BCUT2D eigenvalue weighted by Gasteiger charge is 2.14. The number of anilines is 2. The van der Waals surface area contributed by atoms with Gasteiger partial charge in [-0.2, -0.15) is 0 Å². The van der Waals surface area contributed by atoms with Crippen molar-refractivity contribution in [1.29, 1.82) is 0 Å². The van der Waals surface area contributed by atoms with Crippen LogP contribution in [-0.4, -0.2) is 13.0 Å². The molecule has 0 unspecified atom stereocenters. The van der Waals surface area contributed by atoms with E-state index in [1.54, 1.807) is 0 Å². The van der Waals surface area contributed by atoms with Crippen molar-refractivity contribution in [2.24, 2.45) is 0 Å². The maximum atomic E-state index is 13.6. The molecule has 0 aliphatic rings. The van der Waals surface area contributed by atoms with Crippen LogP contribution in [0.3, 0.4) is 0 Å². The highest BCUT2D eigenvalue weighted by atomic mass is 19.1. The smallest absolute Gasteiger partial charge is 0.258 e. The largest absolute Gasteiger partial charge is 0.494 e. The van der Waals surface area contributed by atoms with Crippen LogP contribution >= 0.6 is 0 Å². The fourth-order valence-electron chi connectivity index (χ4n) is 1.67. The number of halogens is 2. The molecular weight excluding hydrogens is 266 g/mol. The monoisotopic (exact) mass is 278 g/mol. The van der Waals surface area contributed by atoms with Crippen LogP contribution in [0.5, 0.6) is 5.75 Å². The molecule has 2 aromatic rings. The van der Waals surface area contributed by atoms with Crippen LogP contribution in [0.4, 0.5) is 20.2 Å². The van der Waals surface area contributed by atoms with E-state index in [9.17, 15) is 13.6 Å². The minimum atomic E-state index is -0.733. The molecule has 0 atom stereocenters. The van der Waals surface area contributed by atoms with Gasteiger partial charge in [0.2, 0.25) is 0 Å². The molecule has 3 N–H and O–H groups in total. The van der Waals surface area contributed by atoms with Gasteiger partial charge in [0, 0.05) is 11.8 Å². The average molecular weight is 278 g/mol. The third-order valence-corrected chi connectivity index (χ3v) is 2.65. The normalized spacial score (nSPS) is 10.2. The zero-order chi connectivity index (χ0) is 14.7. The van der Waals surface area contributed by atoms with Crippen LogP contribution in [0.25, 0.3) is 0 Å². The second-order valence-corrected chi connectivity index (χ2v) is 4.04. The van der Waals surface area contributed by atoms with Crippen molar-refractivity contribution < 1.29 is 18.3 Å². The van der Waals surface area contributed by atoms with Gasteiger partial charge in [0.1, 0.15) is 17.4 Å². The molecule has 6 heteroatoms. The number of methoxy groups -OCH3 is 1. The standard InChI is InChI=1S/C14H12F2N2O2/c1-20-13-6-8(15)2-5-12(13)18-14(19)10-4-3-9(17)7-11(10)16/h2-7H,17H2,1H3,(H,18,19). The Morgan fingerprint density at radius 1 is 1.20 bits per heavy atom. The molecule has 0 aromatic heterocycles. The van der Waals surface area contributed by atoms with Gasteiger partial charge in [-0.25, -0.2) is 8.78 Å². The molecule has 0 fully saturated rings. The van der Waals surface area contributed by atoms with Gasteiger partial charge >= 0.3 is 0 Å². The number of amides is 1. The maximum Gasteiger partial charge on any atom is 0.258 e. The van der Waals surface area contributed by atoms with Crippen LogP contribution in [0, 0.1) is 11.6 Å². The molecule has 1 amide bonds. The Bertz CT molecular complexity index is 660. The van der Waals surface area contributed by atoms with E-state index in [1.807, 2.05) is 0 Å². The molecule has 0 bridgehead atoms. The van der Waals surface area contributed by atoms with E-state index >= 15 is 0 Å². The summed E-state index contributed by atoms with van der Waals surface area (Å²) in [5.41, 5.74) is 5.71. The van der Waals surface area contributed by atoms with Gasteiger partial charge in [-0.05, 0) is 30.3 Å². The lowest BCUT2D eigenvalue weighted by Crippen LogP contribution is -2.14. The van der Waals surface area contributed by atoms with E-state index in [-0.39, 0.29) is 22.7 Å². The van der Waals surface area contributed by atoms with Crippen molar-refractivity contribution in [2.45, 2.75) is 0 Å². The maximum absolute atomic E-state index is 13.6. The Balaban J connectivity index is 2.28. The fraction of sp³-hybridized carbons (Fsp3) is 0.0714. The number of hydrogen-bond acceptors (Lipinski definition) is 3. The number of benzene rings is 2. The summed E-state index contributed by atoms with van der Waals surface area (Å²) in [4.78, 5) is 12.0. The van der Waals surface area contributed by atoms with E-state index in [0.29, 0.717) is 0 Å². The van der Waals surface area contributed by atoms with Crippen molar-refractivity contribution in [2.75, 3.05) is 18.2 Å². The third-order valence-electron chi connectivity index (χ3n) is 2.65. The van der Waals surface area contributed by atoms with Crippen LogP contribution in [0.1, 0.15) is 10.4 Å². The highest BCUT2D eigenvalue weighted by molar-refractivity contribution is 6.05. The number of nitrogens with one attached hydrogen (secondary N) is 1. The molecule has 0 heterocycles. The van der Waals surface area contributed by atoms with Gasteiger partial charge in [-0.15, -0.1) is 0 Å². The molecule has 0 saturated heterocycles. The summed E-state index contributed by atoms with van der Waals surface area (Å²) in [7, 11) is 1.34. The number of rotatable bonds is 3. The van der Waals surface area contributed by atoms with Gasteiger partial charge in [-0.1, -0.05) is 0 Å². The van der Waals surface area contributed by atoms with Gasteiger partial charge < -0.3 is 15.8 Å². The first-order valence-electron chi connectivity index (χ1n) is 5.71. The SMILES string of the molecule is COc1cc(F)ccc1NC(=O)c1ccc(N)cc1F. The summed E-state index contributed by atoms with van der Waals surface area (Å²) in [6.45, 7) is 0. The summed E-state index contributed by atoms with van der Waals surface area (Å²) >= 11 is 0. The van der Waals surface area contributed by atoms with Crippen molar-refractivity contribution in [1.82, 2.24) is 0 Å². The Morgan fingerprint density at radius 3 is 2.60 bits per heavy atom. The Labute approximate surface area is 114 Å². The van der Waals surface area contributed by atoms with Crippen molar-refractivity contribution in [3.05, 3.63) is 53.6 Å². The Hall–Kier alpha value is -2.63. The van der Waals surface area contributed by atoms with Crippen LogP contribution in [0.2, 0.25) is 0 Å². The number of carbonyl (C=O) groups excluding carboxylic acids is 1. The van der Waals surface area contributed by atoms with E-state index < -0.39 is 17.5 Å². The molecule has 0 aliphatic carbocycles. The van der Waals surface area contributed by atoms with Gasteiger partial charge in [0.05, 0.1) is 18.4 Å². The first kappa shape index (κ1) is 13.8. The predicted octanol–water partition coefficient (Wildman–Crippen LogP) is 2.81. The molecule has 0 radical (unpaired) electrons. The van der Waals surface area contributed by atoms with E-state index in [4.69, 9.17) is 10.5 Å². The van der Waals surface area contributed by atoms with Crippen molar-refractivity contribution in [3.8, 4) is 5.75 Å².